The summed E-state index contributed by atoms with van der Waals surface area (Å²) >= 11 is 11.8. The first-order chi connectivity index (χ1) is 16.5. The Morgan fingerprint density at radius 2 is 1.35 bits per heavy atom. The van der Waals surface area contributed by atoms with Gasteiger partial charge in [0.1, 0.15) is 11.5 Å². The van der Waals surface area contributed by atoms with Crippen molar-refractivity contribution < 1.29 is 14.3 Å². The molecule has 0 heterocycles. The summed E-state index contributed by atoms with van der Waals surface area (Å²) in [6, 6.07) is 18.9. The predicted molar refractivity (Wildman–Crippen MR) is 136 cm³/mol. The van der Waals surface area contributed by atoms with Gasteiger partial charge in [-0.05, 0) is 47.5 Å². The minimum atomic E-state index is -0.466. The number of halogens is 2. The number of hydrogen-bond acceptors (Lipinski definition) is 6. The molecule has 0 saturated carbocycles. The van der Waals surface area contributed by atoms with Crippen molar-refractivity contribution in [2.45, 2.75) is 0 Å². The lowest BCUT2D eigenvalue weighted by molar-refractivity contribution is 0.0975. The van der Waals surface area contributed by atoms with E-state index in [0.717, 1.165) is 11.1 Å². The highest BCUT2D eigenvalue weighted by Gasteiger charge is 2.12. The molecule has 1 amide bonds. The molecule has 3 aromatic rings. The van der Waals surface area contributed by atoms with Gasteiger partial charge in [-0.15, -0.1) is 5.10 Å². The summed E-state index contributed by atoms with van der Waals surface area (Å²) in [6.07, 6.45) is 3.07. The molecule has 0 aliphatic rings. The monoisotopic (exact) mass is 497 g/mol. The summed E-state index contributed by atoms with van der Waals surface area (Å²) in [7, 11) is 3.00. The van der Waals surface area contributed by atoms with E-state index in [2.05, 4.69) is 26.0 Å². The average Bonchev–Trinajstić information content (AvgIpc) is 2.85. The first-order valence-electron chi connectivity index (χ1n) is 9.92. The molecular formula is C24H21Cl2N5O3. The van der Waals surface area contributed by atoms with Gasteiger partial charge in [0, 0.05) is 21.7 Å². The number of hydrazone groups is 1. The SMILES string of the molecule is COc1cc(OC)cc(C(=O)NC(=N/N=C/c2ccc(Cl)cc2)N/N=C/c2ccc(Cl)cc2)c1. The lowest BCUT2D eigenvalue weighted by atomic mass is 10.2. The number of nitrogens with zero attached hydrogens (tertiary/aromatic N) is 3. The van der Waals surface area contributed by atoms with Gasteiger partial charge in [-0.2, -0.15) is 10.2 Å². The summed E-state index contributed by atoms with van der Waals surface area (Å²) in [5.74, 6) is 0.476. The highest BCUT2D eigenvalue weighted by Crippen LogP contribution is 2.22. The van der Waals surface area contributed by atoms with Crippen LogP contribution in [-0.4, -0.2) is 38.5 Å². The number of hydrogen-bond donors (Lipinski definition) is 2. The number of methoxy groups -OCH3 is 2. The maximum Gasteiger partial charge on any atom is 0.258 e. The highest BCUT2D eigenvalue weighted by molar-refractivity contribution is 6.30. The first-order valence-corrected chi connectivity index (χ1v) is 10.7. The number of rotatable bonds is 7. The van der Waals surface area contributed by atoms with Crippen molar-refractivity contribution in [2.24, 2.45) is 15.3 Å². The van der Waals surface area contributed by atoms with E-state index < -0.39 is 5.91 Å². The number of carbonyl (C=O) groups is 1. The maximum atomic E-state index is 12.9. The number of carbonyl (C=O) groups excluding carboxylic acids is 1. The van der Waals surface area contributed by atoms with Crippen molar-refractivity contribution in [3.63, 3.8) is 0 Å². The second-order valence-corrected chi connectivity index (χ2v) is 7.59. The van der Waals surface area contributed by atoms with Gasteiger partial charge in [0.2, 0.25) is 5.96 Å². The number of benzene rings is 3. The zero-order chi connectivity index (χ0) is 24.3. The van der Waals surface area contributed by atoms with Crippen LogP contribution >= 0.6 is 23.2 Å². The molecule has 8 nitrogen and oxygen atoms in total. The second kappa shape index (κ2) is 12.4. The fraction of sp³-hybridized carbons (Fsp3) is 0.0833. The van der Waals surface area contributed by atoms with E-state index in [0.29, 0.717) is 27.1 Å². The molecule has 3 rings (SSSR count). The molecule has 0 aliphatic carbocycles. The van der Waals surface area contributed by atoms with E-state index >= 15 is 0 Å². The molecule has 0 atom stereocenters. The van der Waals surface area contributed by atoms with Gasteiger partial charge in [-0.1, -0.05) is 47.5 Å². The minimum Gasteiger partial charge on any atom is -0.497 e. The van der Waals surface area contributed by atoms with Gasteiger partial charge in [0.25, 0.3) is 5.91 Å². The van der Waals surface area contributed by atoms with Gasteiger partial charge in [-0.25, -0.2) is 5.43 Å². The van der Waals surface area contributed by atoms with Crippen LogP contribution in [0.5, 0.6) is 11.5 Å². The fourth-order valence-corrected chi connectivity index (χ4v) is 2.86. The molecular weight excluding hydrogens is 477 g/mol. The topological polar surface area (TPSA) is 96.7 Å². The van der Waals surface area contributed by atoms with Crippen LogP contribution in [0.3, 0.4) is 0 Å². The molecule has 10 heteroatoms. The zero-order valence-electron chi connectivity index (χ0n) is 18.3. The lowest BCUT2D eigenvalue weighted by Crippen LogP contribution is -2.38. The minimum absolute atomic E-state index is 0.00205. The molecule has 174 valence electrons. The maximum absolute atomic E-state index is 12.9. The van der Waals surface area contributed by atoms with E-state index in [1.54, 1.807) is 72.9 Å². The highest BCUT2D eigenvalue weighted by atomic mass is 35.5. The number of amides is 1. The van der Waals surface area contributed by atoms with Crippen molar-refractivity contribution in [1.82, 2.24) is 10.7 Å². The van der Waals surface area contributed by atoms with Crippen LogP contribution in [0.15, 0.2) is 82.0 Å². The van der Waals surface area contributed by atoms with Crippen LogP contribution in [-0.2, 0) is 0 Å². The number of ether oxygens (including phenoxy) is 2. The van der Waals surface area contributed by atoms with E-state index in [1.807, 2.05) is 0 Å². The van der Waals surface area contributed by atoms with E-state index in [-0.39, 0.29) is 5.96 Å². The second-order valence-electron chi connectivity index (χ2n) is 6.72. The quantitative estimate of drug-likeness (QED) is 0.279. The van der Waals surface area contributed by atoms with E-state index in [4.69, 9.17) is 32.7 Å². The molecule has 0 aliphatic heterocycles. The predicted octanol–water partition coefficient (Wildman–Crippen LogP) is 4.75. The Morgan fingerprint density at radius 1 is 0.824 bits per heavy atom. The molecule has 3 aromatic carbocycles. The van der Waals surface area contributed by atoms with Gasteiger partial charge >= 0.3 is 0 Å². The molecule has 0 aromatic heterocycles. The summed E-state index contributed by atoms with van der Waals surface area (Å²) < 4.78 is 10.5. The average molecular weight is 498 g/mol. The van der Waals surface area contributed by atoms with Crippen LogP contribution in [0.2, 0.25) is 10.0 Å². The first kappa shape index (κ1) is 24.8. The number of nitrogens with one attached hydrogen (secondary N) is 2. The molecule has 0 bridgehead atoms. The third-order valence-corrected chi connectivity index (χ3v) is 4.84. The van der Waals surface area contributed by atoms with Gasteiger partial charge in [0.15, 0.2) is 0 Å². The van der Waals surface area contributed by atoms with Crippen LogP contribution in [0.25, 0.3) is 0 Å². The Labute approximate surface area is 206 Å². The van der Waals surface area contributed by atoms with Crippen molar-refractivity contribution in [3.05, 3.63) is 93.5 Å². The molecule has 0 fully saturated rings. The summed E-state index contributed by atoms with van der Waals surface area (Å²) in [4.78, 5) is 12.9. The van der Waals surface area contributed by atoms with Crippen LogP contribution < -0.4 is 20.2 Å². The normalized spacial score (nSPS) is 11.6. The Balaban J connectivity index is 1.80. The number of guanidine groups is 1. The summed E-state index contributed by atoms with van der Waals surface area (Å²) in [6.45, 7) is 0. The summed E-state index contributed by atoms with van der Waals surface area (Å²) in [5.41, 5.74) is 4.57. The van der Waals surface area contributed by atoms with E-state index in [1.165, 1.54) is 20.4 Å². The molecule has 0 unspecified atom stereocenters. The molecule has 0 spiro atoms. The fourth-order valence-electron chi connectivity index (χ4n) is 2.61. The van der Waals surface area contributed by atoms with Crippen molar-refractivity contribution in [3.8, 4) is 11.5 Å². The van der Waals surface area contributed by atoms with Crippen LogP contribution in [0.4, 0.5) is 0 Å². The summed E-state index contributed by atoms with van der Waals surface area (Å²) in [5, 5.41) is 16.1. The molecule has 0 saturated heterocycles. The van der Waals surface area contributed by atoms with Crippen LogP contribution in [0, 0.1) is 0 Å². The largest absolute Gasteiger partial charge is 0.497 e. The Kier molecular flexibility index (Phi) is 9.02. The Morgan fingerprint density at radius 3 is 1.88 bits per heavy atom. The third kappa shape index (κ3) is 7.61. The Hall–Kier alpha value is -3.88. The molecule has 0 radical (unpaired) electrons. The zero-order valence-corrected chi connectivity index (χ0v) is 19.8. The third-order valence-electron chi connectivity index (χ3n) is 4.33. The molecule has 34 heavy (non-hydrogen) atoms. The van der Waals surface area contributed by atoms with E-state index in [9.17, 15) is 4.79 Å². The standard InChI is InChI=1S/C24H21Cl2N5O3/c1-33-21-11-18(12-22(13-21)34-2)23(32)29-24(30-27-14-16-3-7-19(25)8-4-16)31-28-15-17-5-9-20(26)10-6-17/h3-15H,1-2H3,(H2,29,30,31,32)/b27-14+,28-15+. The van der Waals surface area contributed by atoms with Crippen molar-refractivity contribution >= 4 is 47.5 Å². The van der Waals surface area contributed by atoms with Gasteiger partial charge in [-0.3, -0.25) is 10.1 Å². The van der Waals surface area contributed by atoms with Gasteiger partial charge in [0.05, 0.1) is 26.6 Å². The molecule has 2 N–H and O–H groups in total. The van der Waals surface area contributed by atoms with Crippen LogP contribution in [0.1, 0.15) is 21.5 Å². The smallest absolute Gasteiger partial charge is 0.258 e. The van der Waals surface area contributed by atoms with Crippen molar-refractivity contribution in [2.75, 3.05) is 14.2 Å². The van der Waals surface area contributed by atoms with Crippen molar-refractivity contribution in [1.29, 1.82) is 0 Å². The van der Waals surface area contributed by atoms with Gasteiger partial charge < -0.3 is 9.47 Å². The Bertz CT molecular complexity index is 1190. The lowest BCUT2D eigenvalue weighted by Gasteiger charge is -2.10.